The van der Waals surface area contributed by atoms with Gasteiger partial charge in [0.25, 0.3) is 0 Å². The first kappa shape index (κ1) is 21.0. The summed E-state index contributed by atoms with van der Waals surface area (Å²) in [6, 6.07) is 1.55. The van der Waals surface area contributed by atoms with E-state index in [1.54, 1.807) is 12.3 Å². The van der Waals surface area contributed by atoms with Crippen LogP contribution in [0.15, 0.2) is 17.1 Å². The SMILES string of the molecule is CCCCOP([O-])OCC1CCC(n2ccc(N)nc2=O)O1.[Na+]. The quantitative estimate of drug-likeness (QED) is 0.325. The first-order valence-corrected chi connectivity index (χ1v) is 8.43. The summed E-state index contributed by atoms with van der Waals surface area (Å²) in [7, 11) is -2.11. The van der Waals surface area contributed by atoms with Crippen LogP contribution in [0.3, 0.4) is 0 Å². The predicted molar refractivity (Wildman–Crippen MR) is 79.8 cm³/mol. The largest absolute Gasteiger partial charge is 1.00 e. The van der Waals surface area contributed by atoms with Crippen LogP contribution in [0, 0.1) is 0 Å². The van der Waals surface area contributed by atoms with Crippen LogP contribution in [0.25, 0.3) is 0 Å². The Morgan fingerprint density at radius 1 is 1.52 bits per heavy atom. The van der Waals surface area contributed by atoms with E-state index in [9.17, 15) is 9.69 Å². The molecule has 2 heterocycles. The average molecular weight is 353 g/mol. The molecule has 1 fully saturated rings. The molecule has 1 saturated heterocycles. The molecule has 124 valence electrons. The zero-order valence-corrected chi connectivity index (χ0v) is 16.4. The summed E-state index contributed by atoms with van der Waals surface area (Å²) in [5.74, 6) is 0.181. The van der Waals surface area contributed by atoms with Gasteiger partial charge in [0.1, 0.15) is 12.0 Å². The maximum Gasteiger partial charge on any atom is 1.00 e. The standard InChI is InChI=1S/C13H21N3O5P.Na/c1-2-3-8-19-22(18)20-9-10-4-5-12(21-10)16-7-6-11(14)15-13(16)17;/h6-7,10,12H,2-5,8-9H2,1H3,(H2,14,15,17);/q-1;+1. The van der Waals surface area contributed by atoms with Crippen LogP contribution in [-0.4, -0.2) is 28.9 Å². The van der Waals surface area contributed by atoms with Gasteiger partial charge in [-0.1, -0.05) is 13.3 Å². The van der Waals surface area contributed by atoms with E-state index in [1.165, 1.54) is 4.57 Å². The number of nitrogens with two attached hydrogens (primary N) is 1. The summed E-state index contributed by atoms with van der Waals surface area (Å²) in [5, 5.41) is 0. The van der Waals surface area contributed by atoms with Gasteiger partial charge < -0.3 is 24.4 Å². The number of ether oxygens (including phenoxy) is 1. The van der Waals surface area contributed by atoms with Gasteiger partial charge in [0, 0.05) is 6.20 Å². The number of unbranched alkanes of at least 4 members (excludes halogenated alkanes) is 1. The van der Waals surface area contributed by atoms with Gasteiger partial charge in [0.15, 0.2) is 0 Å². The van der Waals surface area contributed by atoms with Crippen LogP contribution in [0.2, 0.25) is 0 Å². The smallest absolute Gasteiger partial charge is 0.786 e. The van der Waals surface area contributed by atoms with Crippen LogP contribution in [0.1, 0.15) is 38.8 Å². The minimum Gasteiger partial charge on any atom is -0.786 e. The molecule has 0 bridgehead atoms. The van der Waals surface area contributed by atoms with Crippen molar-refractivity contribution in [2.45, 2.75) is 44.9 Å². The van der Waals surface area contributed by atoms with Crippen molar-refractivity contribution in [1.82, 2.24) is 9.55 Å². The molecule has 1 aliphatic heterocycles. The number of anilines is 1. The second-order valence-electron chi connectivity index (χ2n) is 5.04. The molecular formula is C13H21N3NaO5P. The molecule has 10 heteroatoms. The van der Waals surface area contributed by atoms with Crippen molar-refractivity contribution in [3.63, 3.8) is 0 Å². The molecule has 3 atom stereocenters. The molecule has 0 aromatic carbocycles. The van der Waals surface area contributed by atoms with Crippen molar-refractivity contribution in [2.24, 2.45) is 0 Å². The van der Waals surface area contributed by atoms with E-state index in [0.717, 1.165) is 12.8 Å². The minimum atomic E-state index is -2.11. The van der Waals surface area contributed by atoms with Gasteiger partial charge in [-0.05, 0) is 25.3 Å². The summed E-state index contributed by atoms with van der Waals surface area (Å²) in [6.45, 7) is 2.62. The van der Waals surface area contributed by atoms with Crippen molar-refractivity contribution in [2.75, 3.05) is 18.9 Å². The molecule has 0 spiro atoms. The monoisotopic (exact) mass is 353 g/mol. The van der Waals surface area contributed by atoms with Crippen molar-refractivity contribution in [3.05, 3.63) is 22.7 Å². The number of rotatable bonds is 8. The summed E-state index contributed by atoms with van der Waals surface area (Å²) < 4.78 is 17.3. The maximum absolute atomic E-state index is 11.7. The Kier molecular flexibility index (Phi) is 9.80. The summed E-state index contributed by atoms with van der Waals surface area (Å²) in [5.41, 5.74) is 5.01. The van der Waals surface area contributed by atoms with Crippen LogP contribution >= 0.6 is 8.60 Å². The first-order valence-electron chi connectivity index (χ1n) is 7.33. The second-order valence-corrected chi connectivity index (χ2v) is 6.00. The Labute approximate surface area is 158 Å². The summed E-state index contributed by atoms with van der Waals surface area (Å²) >= 11 is 0. The van der Waals surface area contributed by atoms with E-state index in [2.05, 4.69) is 4.98 Å². The molecule has 3 unspecified atom stereocenters. The molecule has 8 nitrogen and oxygen atoms in total. The molecule has 0 aliphatic carbocycles. The predicted octanol–water partition coefficient (Wildman–Crippen LogP) is -2.07. The summed E-state index contributed by atoms with van der Waals surface area (Å²) in [4.78, 5) is 26.9. The fourth-order valence-corrected chi connectivity index (χ4v) is 2.76. The van der Waals surface area contributed by atoms with Crippen molar-refractivity contribution in [3.8, 4) is 0 Å². The van der Waals surface area contributed by atoms with Gasteiger partial charge in [0.05, 0.1) is 27.9 Å². The van der Waals surface area contributed by atoms with E-state index in [1.807, 2.05) is 6.92 Å². The molecule has 0 radical (unpaired) electrons. The van der Waals surface area contributed by atoms with E-state index >= 15 is 0 Å². The Morgan fingerprint density at radius 2 is 2.30 bits per heavy atom. The molecule has 0 amide bonds. The van der Waals surface area contributed by atoms with E-state index in [-0.39, 0.29) is 48.1 Å². The van der Waals surface area contributed by atoms with Gasteiger partial charge >= 0.3 is 35.2 Å². The average Bonchev–Trinajstić information content (AvgIpc) is 2.94. The van der Waals surface area contributed by atoms with E-state index in [0.29, 0.717) is 19.4 Å². The normalized spacial score (nSPS) is 21.8. The van der Waals surface area contributed by atoms with Crippen LogP contribution in [0.4, 0.5) is 5.82 Å². The van der Waals surface area contributed by atoms with Gasteiger partial charge in [0.2, 0.25) is 0 Å². The van der Waals surface area contributed by atoms with Gasteiger partial charge in [-0.2, -0.15) is 4.98 Å². The molecular weight excluding hydrogens is 332 g/mol. The van der Waals surface area contributed by atoms with E-state index < -0.39 is 20.5 Å². The van der Waals surface area contributed by atoms with Gasteiger partial charge in [-0.15, -0.1) is 0 Å². The van der Waals surface area contributed by atoms with Crippen molar-refractivity contribution in [1.29, 1.82) is 0 Å². The molecule has 1 aromatic rings. The Hall–Kier alpha value is -0.0500. The van der Waals surface area contributed by atoms with Gasteiger partial charge in [-0.25, -0.2) is 4.79 Å². The molecule has 2 N–H and O–H groups in total. The Morgan fingerprint density at radius 3 is 3.00 bits per heavy atom. The third kappa shape index (κ3) is 6.76. The zero-order valence-electron chi connectivity index (χ0n) is 13.5. The Balaban J connectivity index is 0.00000264. The number of hydrogen-bond acceptors (Lipinski definition) is 7. The molecule has 1 aliphatic rings. The number of nitrogen functional groups attached to an aromatic ring is 1. The van der Waals surface area contributed by atoms with Crippen LogP contribution in [-0.2, 0) is 13.8 Å². The molecule has 2 rings (SSSR count). The second kappa shape index (κ2) is 10.7. The third-order valence-corrected chi connectivity index (χ3v) is 4.06. The van der Waals surface area contributed by atoms with Gasteiger partial charge in [-0.3, -0.25) is 4.57 Å². The number of hydrogen-bond donors (Lipinski definition) is 1. The summed E-state index contributed by atoms with van der Waals surface area (Å²) in [6.07, 6.45) is 4.14. The molecule has 23 heavy (non-hydrogen) atoms. The zero-order chi connectivity index (χ0) is 15.9. The molecule has 1 aromatic heterocycles. The van der Waals surface area contributed by atoms with Crippen molar-refractivity contribution >= 4 is 14.4 Å². The first-order chi connectivity index (χ1) is 10.6. The topological polar surface area (TPSA) is 112 Å². The fourth-order valence-electron chi connectivity index (χ4n) is 2.12. The van der Waals surface area contributed by atoms with Crippen LogP contribution < -0.4 is 45.9 Å². The van der Waals surface area contributed by atoms with Crippen molar-refractivity contribution < 1.29 is 48.2 Å². The molecule has 0 saturated carbocycles. The minimum absolute atomic E-state index is 0. The van der Waals surface area contributed by atoms with Crippen LogP contribution in [0.5, 0.6) is 0 Å². The Bertz CT molecular complexity index is 533. The van der Waals surface area contributed by atoms with E-state index in [4.69, 9.17) is 19.5 Å². The number of nitrogens with zero attached hydrogens (tertiary/aromatic N) is 2. The number of aromatic nitrogens is 2. The fraction of sp³-hybridized carbons (Fsp3) is 0.692. The maximum atomic E-state index is 11.7. The third-order valence-electron chi connectivity index (χ3n) is 3.31.